The molecule has 4 fully saturated rings. The van der Waals surface area contributed by atoms with Gasteiger partial charge in [-0.2, -0.15) is 8.42 Å². The van der Waals surface area contributed by atoms with Crippen LogP contribution in [0.1, 0.15) is 71.6 Å². The summed E-state index contributed by atoms with van der Waals surface area (Å²) in [5, 5.41) is 11.7. The average Bonchev–Trinajstić information content (AvgIpc) is 3.38. The van der Waals surface area contributed by atoms with E-state index in [9.17, 15) is 23.1 Å². The molecule has 0 aromatic rings. The van der Waals surface area contributed by atoms with Crippen LogP contribution in [0.4, 0.5) is 4.39 Å². The van der Waals surface area contributed by atoms with Gasteiger partial charge in [-0.25, -0.2) is 4.39 Å². The number of rotatable bonds is 5. The zero-order chi connectivity index (χ0) is 28.0. The van der Waals surface area contributed by atoms with Crippen molar-refractivity contribution in [3.63, 3.8) is 0 Å². The molecule has 6 rings (SSSR count). The molecular weight excluding hydrogens is 527 g/mol. The Labute approximate surface area is 229 Å². The zero-order valence-electron chi connectivity index (χ0n) is 22.9. The Morgan fingerprint density at radius 1 is 1.21 bits per heavy atom. The van der Waals surface area contributed by atoms with Crippen LogP contribution in [0, 0.1) is 28.6 Å². The molecule has 0 amide bonds. The Hall–Kier alpha value is -1.46. The molecule has 8 nitrogen and oxygen atoms in total. The van der Waals surface area contributed by atoms with Crippen molar-refractivity contribution in [1.29, 1.82) is 0 Å². The topological polar surface area (TPSA) is 116 Å². The molecule has 6 aliphatic rings. The highest BCUT2D eigenvalue weighted by Crippen LogP contribution is 2.71. The van der Waals surface area contributed by atoms with Crippen LogP contribution in [-0.4, -0.2) is 67.7 Å². The Morgan fingerprint density at radius 2 is 1.92 bits per heavy atom. The summed E-state index contributed by atoms with van der Waals surface area (Å²) in [5.74, 6) is -1.54. The fourth-order valence-electron chi connectivity index (χ4n) is 9.27. The van der Waals surface area contributed by atoms with Crippen molar-refractivity contribution in [2.45, 2.75) is 101 Å². The largest absolute Gasteiger partial charge is 0.390 e. The fourth-order valence-corrected chi connectivity index (χ4v) is 9.59. The van der Waals surface area contributed by atoms with Gasteiger partial charge in [0.05, 0.1) is 18.5 Å². The van der Waals surface area contributed by atoms with Gasteiger partial charge in [0.2, 0.25) is 0 Å². The lowest BCUT2D eigenvalue weighted by Gasteiger charge is -2.62. The number of ether oxygens (including phenoxy) is 2. The van der Waals surface area contributed by atoms with E-state index in [0.717, 1.165) is 38.4 Å². The number of Topliss-reactive ketones (excluding diaryl/α,β-unsaturated/α-hetero) is 1. The van der Waals surface area contributed by atoms with Gasteiger partial charge in [-0.3, -0.25) is 13.8 Å². The van der Waals surface area contributed by atoms with Crippen LogP contribution in [0.25, 0.3) is 0 Å². The Balaban J connectivity index is 1.41. The summed E-state index contributed by atoms with van der Waals surface area (Å²) in [6.07, 6.45) is 8.89. The molecule has 1 aliphatic heterocycles. The standard InChI is InChI=1S/C29H39FO8S/c1-26-12-11-19(31)13-18(26)9-10-20-21-14-24-29(23(33)16-36-39(3,34)35,27(21,2)15-22(32)28(20,26)30)38-25(37-24)17-7-5-4-6-8-17/h9,11-12,17,20-22,24-25,32H,4-8,10,13-16H2,1-3H3/t20-,21-,22-,24+,25+,26-,27-,28-,29+/m0/s1. The molecule has 0 radical (unpaired) electrons. The molecule has 0 bridgehead atoms. The first-order chi connectivity index (χ1) is 18.3. The number of alkyl halides is 1. The van der Waals surface area contributed by atoms with Gasteiger partial charge in [-0.15, -0.1) is 0 Å². The van der Waals surface area contributed by atoms with Gasteiger partial charge in [-0.1, -0.05) is 43.9 Å². The lowest BCUT2D eigenvalue weighted by atomic mass is 9.45. The molecule has 39 heavy (non-hydrogen) atoms. The van der Waals surface area contributed by atoms with Crippen LogP contribution >= 0.6 is 0 Å². The Morgan fingerprint density at radius 3 is 2.62 bits per heavy atom. The summed E-state index contributed by atoms with van der Waals surface area (Å²) in [6, 6.07) is 0. The highest BCUT2D eigenvalue weighted by atomic mass is 32.2. The van der Waals surface area contributed by atoms with Gasteiger partial charge in [0.1, 0.15) is 6.61 Å². The van der Waals surface area contributed by atoms with Crippen molar-refractivity contribution in [3.8, 4) is 0 Å². The third-order valence-corrected chi connectivity index (χ3v) is 11.8. The molecular formula is C29H39FO8S. The number of allylic oxidation sites excluding steroid dienone is 4. The summed E-state index contributed by atoms with van der Waals surface area (Å²) < 4.78 is 59.3. The van der Waals surface area contributed by atoms with Gasteiger partial charge in [0, 0.05) is 29.1 Å². The van der Waals surface area contributed by atoms with E-state index in [1.165, 1.54) is 6.08 Å². The van der Waals surface area contributed by atoms with E-state index in [4.69, 9.17) is 13.7 Å². The van der Waals surface area contributed by atoms with Crippen molar-refractivity contribution in [3.05, 3.63) is 23.8 Å². The predicted molar refractivity (Wildman–Crippen MR) is 139 cm³/mol. The minimum atomic E-state index is -3.90. The molecule has 0 aromatic carbocycles. The van der Waals surface area contributed by atoms with E-state index < -0.39 is 69.0 Å². The quantitative estimate of drug-likeness (QED) is 0.397. The molecule has 10 heteroatoms. The number of hydrogen-bond donors (Lipinski definition) is 1. The normalized spacial score (nSPS) is 47.7. The second kappa shape index (κ2) is 9.02. The number of carbonyl (C=O) groups excluding carboxylic acids is 2. The fraction of sp³-hybridized carbons (Fsp3) is 0.793. The maximum Gasteiger partial charge on any atom is 0.264 e. The molecule has 0 aromatic heterocycles. The smallest absolute Gasteiger partial charge is 0.264 e. The number of aliphatic hydroxyl groups excluding tert-OH is 1. The molecule has 3 saturated carbocycles. The predicted octanol–water partition coefficient (Wildman–Crippen LogP) is 3.57. The minimum absolute atomic E-state index is 0.0583. The van der Waals surface area contributed by atoms with Crippen LogP contribution in [0.15, 0.2) is 23.8 Å². The van der Waals surface area contributed by atoms with Crippen LogP contribution in [0.3, 0.4) is 0 Å². The van der Waals surface area contributed by atoms with Crippen molar-refractivity contribution in [2.75, 3.05) is 12.9 Å². The monoisotopic (exact) mass is 566 g/mol. The van der Waals surface area contributed by atoms with Crippen LogP contribution in [0.5, 0.6) is 0 Å². The maximum atomic E-state index is 17.5. The Bertz CT molecular complexity index is 1240. The van der Waals surface area contributed by atoms with Crippen molar-refractivity contribution < 1.29 is 41.2 Å². The third kappa shape index (κ3) is 3.77. The number of aliphatic hydroxyl groups is 1. The van der Waals surface area contributed by atoms with Crippen molar-refractivity contribution in [2.24, 2.45) is 28.6 Å². The first kappa shape index (κ1) is 27.7. The number of carbonyl (C=O) groups is 2. The number of ketones is 2. The zero-order valence-corrected chi connectivity index (χ0v) is 23.7. The Kier molecular flexibility index (Phi) is 6.40. The second-order valence-electron chi connectivity index (χ2n) is 13.1. The molecule has 1 saturated heterocycles. The molecule has 1 heterocycles. The lowest BCUT2D eigenvalue weighted by Crippen LogP contribution is -2.69. The van der Waals surface area contributed by atoms with Gasteiger partial charge >= 0.3 is 0 Å². The van der Waals surface area contributed by atoms with Gasteiger partial charge in [0.25, 0.3) is 10.1 Å². The highest BCUT2D eigenvalue weighted by Gasteiger charge is 2.79. The van der Waals surface area contributed by atoms with Gasteiger partial charge in [-0.05, 0) is 51.0 Å². The summed E-state index contributed by atoms with van der Waals surface area (Å²) in [7, 11) is -3.90. The van der Waals surface area contributed by atoms with E-state index in [2.05, 4.69) is 0 Å². The lowest BCUT2D eigenvalue weighted by molar-refractivity contribution is -0.232. The molecule has 0 spiro atoms. The highest BCUT2D eigenvalue weighted by molar-refractivity contribution is 7.86. The number of hydrogen-bond acceptors (Lipinski definition) is 8. The second-order valence-corrected chi connectivity index (χ2v) is 14.8. The van der Waals surface area contributed by atoms with Crippen LogP contribution in [0.2, 0.25) is 0 Å². The van der Waals surface area contributed by atoms with E-state index in [-0.39, 0.29) is 30.5 Å². The summed E-state index contributed by atoms with van der Waals surface area (Å²) >= 11 is 0. The SMILES string of the molecule is C[C@]12C=CC(=O)CC1=CC[C@H]1[C@@H]3C[C@H]4O[C@@H](C5CCCCC5)O[C@@]4(C(=O)COS(C)(=O)=O)[C@@]3(C)C[C@H](O)[C@@]12F. The van der Waals surface area contributed by atoms with E-state index in [1.807, 2.05) is 13.0 Å². The molecule has 1 N–H and O–H groups in total. The average molecular weight is 567 g/mol. The van der Waals surface area contributed by atoms with Crippen molar-refractivity contribution >= 4 is 21.7 Å². The first-order valence-electron chi connectivity index (χ1n) is 14.3. The van der Waals surface area contributed by atoms with Gasteiger partial charge < -0.3 is 14.6 Å². The number of halogens is 1. The van der Waals surface area contributed by atoms with Crippen molar-refractivity contribution in [1.82, 2.24) is 0 Å². The van der Waals surface area contributed by atoms with Crippen LogP contribution < -0.4 is 0 Å². The molecule has 0 unspecified atom stereocenters. The molecule has 216 valence electrons. The minimum Gasteiger partial charge on any atom is -0.390 e. The maximum absolute atomic E-state index is 17.5. The summed E-state index contributed by atoms with van der Waals surface area (Å²) in [5.41, 5.74) is -5.09. The third-order valence-electron chi connectivity index (χ3n) is 11.2. The molecule has 9 atom stereocenters. The van der Waals surface area contributed by atoms with E-state index >= 15 is 4.39 Å². The number of fused-ring (bicyclic) bond motifs is 7. The van der Waals surface area contributed by atoms with E-state index in [1.54, 1.807) is 13.0 Å². The van der Waals surface area contributed by atoms with Gasteiger partial charge in [0.15, 0.2) is 29.1 Å². The van der Waals surface area contributed by atoms with Crippen LogP contribution in [-0.2, 0) is 33.4 Å². The molecule has 5 aliphatic carbocycles. The first-order valence-corrected chi connectivity index (χ1v) is 16.1. The van der Waals surface area contributed by atoms with E-state index in [0.29, 0.717) is 18.4 Å². The summed E-state index contributed by atoms with van der Waals surface area (Å²) in [4.78, 5) is 26.2. The summed E-state index contributed by atoms with van der Waals surface area (Å²) in [6.45, 7) is 2.92.